The molecule has 56 valence electrons. The zero-order valence-electron chi connectivity index (χ0n) is 6.39. The molecule has 0 amide bonds. The third-order valence-corrected chi connectivity index (χ3v) is 1.11. The van der Waals surface area contributed by atoms with Gasteiger partial charge in [0.1, 0.15) is 5.76 Å². The van der Waals surface area contributed by atoms with Gasteiger partial charge in [0.15, 0.2) is 0 Å². The summed E-state index contributed by atoms with van der Waals surface area (Å²) in [5, 5.41) is 11.8. The number of hydrogen-bond acceptors (Lipinski definition) is 2. The first-order valence-electron chi connectivity index (χ1n) is 3.08. The van der Waals surface area contributed by atoms with Crippen LogP contribution in [0.2, 0.25) is 0 Å². The molecular formula is C8H13NO. The number of allylic oxidation sites excluding steroid dienone is 4. The first-order valence-corrected chi connectivity index (χ1v) is 3.08. The lowest BCUT2D eigenvalue weighted by Crippen LogP contribution is -2.00. The van der Waals surface area contributed by atoms with E-state index in [1.807, 2.05) is 14.0 Å². The maximum atomic E-state index is 8.87. The van der Waals surface area contributed by atoms with Gasteiger partial charge in [-0.3, -0.25) is 0 Å². The van der Waals surface area contributed by atoms with Gasteiger partial charge in [-0.15, -0.1) is 0 Å². The molecule has 0 aliphatic heterocycles. The summed E-state index contributed by atoms with van der Waals surface area (Å²) in [5.74, 6) is 0.176. The Hall–Kier alpha value is -1.18. The lowest BCUT2D eigenvalue weighted by Gasteiger charge is -1.94. The van der Waals surface area contributed by atoms with Gasteiger partial charge in [-0.1, -0.05) is 6.58 Å². The summed E-state index contributed by atoms with van der Waals surface area (Å²) < 4.78 is 0. The highest BCUT2D eigenvalue weighted by molar-refractivity contribution is 5.17. The Balaban J connectivity index is 4.03. The quantitative estimate of drug-likeness (QED) is 0.461. The van der Waals surface area contributed by atoms with Crippen LogP contribution in [-0.2, 0) is 0 Å². The molecule has 0 aliphatic carbocycles. The SMILES string of the molecule is C=C/C(O)=C\C=C(\C)NC. The average Bonchev–Trinajstić information content (AvgIpc) is 1.99. The standard InChI is InChI=1S/C8H13NO/c1-4-8(10)6-5-7(2)9-3/h4-6,9-10H,1H2,2-3H3/b7-5-,8-6+. The molecule has 0 aromatic heterocycles. The van der Waals surface area contributed by atoms with E-state index < -0.39 is 0 Å². The van der Waals surface area contributed by atoms with Gasteiger partial charge < -0.3 is 10.4 Å². The van der Waals surface area contributed by atoms with E-state index in [9.17, 15) is 0 Å². The third-order valence-electron chi connectivity index (χ3n) is 1.11. The largest absolute Gasteiger partial charge is 0.508 e. The van der Waals surface area contributed by atoms with Gasteiger partial charge in [0.05, 0.1) is 0 Å². The van der Waals surface area contributed by atoms with Crippen LogP contribution in [0.5, 0.6) is 0 Å². The smallest absolute Gasteiger partial charge is 0.115 e. The van der Waals surface area contributed by atoms with Gasteiger partial charge in [0.25, 0.3) is 0 Å². The first-order chi connectivity index (χ1) is 4.70. The minimum absolute atomic E-state index is 0.176. The Labute approximate surface area is 61.6 Å². The van der Waals surface area contributed by atoms with Crippen LogP contribution in [-0.4, -0.2) is 12.2 Å². The maximum absolute atomic E-state index is 8.87. The summed E-state index contributed by atoms with van der Waals surface area (Å²) in [6.07, 6.45) is 4.75. The zero-order valence-corrected chi connectivity index (χ0v) is 6.39. The molecule has 2 nitrogen and oxygen atoms in total. The molecule has 10 heavy (non-hydrogen) atoms. The third kappa shape index (κ3) is 3.78. The van der Waals surface area contributed by atoms with E-state index in [0.29, 0.717) is 0 Å². The van der Waals surface area contributed by atoms with Crippen molar-refractivity contribution in [3.05, 3.63) is 36.3 Å². The van der Waals surface area contributed by atoms with E-state index in [1.54, 1.807) is 12.2 Å². The van der Waals surface area contributed by atoms with Crippen molar-refractivity contribution in [2.45, 2.75) is 6.92 Å². The fraction of sp³-hybridized carbons (Fsp3) is 0.250. The van der Waals surface area contributed by atoms with E-state index in [4.69, 9.17) is 5.11 Å². The molecule has 0 aliphatic rings. The summed E-state index contributed by atoms with van der Waals surface area (Å²) in [6.45, 7) is 5.31. The Morgan fingerprint density at radius 2 is 2.10 bits per heavy atom. The Bertz CT molecular complexity index is 168. The minimum Gasteiger partial charge on any atom is -0.508 e. The van der Waals surface area contributed by atoms with Gasteiger partial charge in [-0.25, -0.2) is 0 Å². The number of aliphatic hydroxyl groups is 1. The normalized spacial score (nSPS) is 13.0. The van der Waals surface area contributed by atoms with Crippen LogP contribution < -0.4 is 5.32 Å². The zero-order chi connectivity index (χ0) is 7.98. The molecule has 2 heteroatoms. The highest BCUT2D eigenvalue weighted by Gasteiger charge is 1.80. The molecule has 0 unspecified atom stereocenters. The van der Waals surface area contributed by atoms with Crippen LogP contribution >= 0.6 is 0 Å². The van der Waals surface area contributed by atoms with Crippen LogP contribution in [0.4, 0.5) is 0 Å². The van der Waals surface area contributed by atoms with Gasteiger partial charge in [0, 0.05) is 12.7 Å². The summed E-state index contributed by atoms with van der Waals surface area (Å²) >= 11 is 0. The Morgan fingerprint density at radius 3 is 2.50 bits per heavy atom. The molecule has 0 spiro atoms. The topological polar surface area (TPSA) is 32.3 Å². The molecule has 0 saturated heterocycles. The van der Waals surface area contributed by atoms with E-state index in [0.717, 1.165) is 5.70 Å². The van der Waals surface area contributed by atoms with E-state index >= 15 is 0 Å². The molecule has 0 saturated carbocycles. The first kappa shape index (κ1) is 8.82. The number of aliphatic hydroxyl groups excluding tert-OH is 1. The van der Waals surface area contributed by atoms with Crippen LogP contribution in [0.15, 0.2) is 36.3 Å². The van der Waals surface area contributed by atoms with Crippen molar-refractivity contribution in [3.8, 4) is 0 Å². The Morgan fingerprint density at radius 1 is 1.50 bits per heavy atom. The fourth-order valence-electron chi connectivity index (χ4n) is 0.362. The van der Waals surface area contributed by atoms with Gasteiger partial charge in [0.2, 0.25) is 0 Å². The van der Waals surface area contributed by atoms with Crippen LogP contribution in [0.1, 0.15) is 6.92 Å². The van der Waals surface area contributed by atoms with E-state index in [-0.39, 0.29) is 5.76 Å². The molecule has 0 aromatic carbocycles. The predicted octanol–water partition coefficient (Wildman–Crippen LogP) is 1.74. The summed E-state index contributed by atoms with van der Waals surface area (Å²) in [7, 11) is 1.82. The fourth-order valence-corrected chi connectivity index (χ4v) is 0.362. The second-order valence-corrected chi connectivity index (χ2v) is 1.90. The van der Waals surface area contributed by atoms with Crippen molar-refractivity contribution in [2.75, 3.05) is 7.05 Å². The number of hydrogen-bond donors (Lipinski definition) is 2. The molecule has 2 N–H and O–H groups in total. The minimum atomic E-state index is 0.176. The lowest BCUT2D eigenvalue weighted by molar-refractivity contribution is 0.433. The monoisotopic (exact) mass is 139 g/mol. The summed E-state index contributed by atoms with van der Waals surface area (Å²) in [5.41, 5.74) is 0.994. The van der Waals surface area contributed by atoms with Crippen molar-refractivity contribution in [1.82, 2.24) is 5.32 Å². The predicted molar refractivity (Wildman–Crippen MR) is 43.7 cm³/mol. The second kappa shape index (κ2) is 4.68. The van der Waals surface area contributed by atoms with E-state index in [2.05, 4.69) is 11.9 Å². The average molecular weight is 139 g/mol. The van der Waals surface area contributed by atoms with Crippen molar-refractivity contribution >= 4 is 0 Å². The summed E-state index contributed by atoms with van der Waals surface area (Å²) in [4.78, 5) is 0. The van der Waals surface area contributed by atoms with Gasteiger partial charge >= 0.3 is 0 Å². The summed E-state index contributed by atoms with van der Waals surface area (Å²) in [6, 6.07) is 0. The van der Waals surface area contributed by atoms with E-state index in [1.165, 1.54) is 6.08 Å². The van der Waals surface area contributed by atoms with Crippen LogP contribution in [0.3, 0.4) is 0 Å². The molecule has 0 aromatic rings. The molecular weight excluding hydrogens is 126 g/mol. The van der Waals surface area contributed by atoms with Gasteiger partial charge in [-0.05, 0) is 25.2 Å². The maximum Gasteiger partial charge on any atom is 0.115 e. The Kier molecular flexibility index (Phi) is 4.12. The van der Waals surface area contributed by atoms with Crippen molar-refractivity contribution in [2.24, 2.45) is 0 Å². The van der Waals surface area contributed by atoms with Crippen LogP contribution in [0, 0.1) is 0 Å². The molecule has 0 radical (unpaired) electrons. The molecule has 0 bridgehead atoms. The molecule has 0 atom stereocenters. The highest BCUT2D eigenvalue weighted by Crippen LogP contribution is 1.91. The van der Waals surface area contributed by atoms with Crippen LogP contribution in [0.25, 0.3) is 0 Å². The van der Waals surface area contributed by atoms with Gasteiger partial charge in [-0.2, -0.15) is 0 Å². The van der Waals surface area contributed by atoms with Crippen molar-refractivity contribution < 1.29 is 5.11 Å². The number of nitrogens with one attached hydrogen (secondary N) is 1. The molecule has 0 rings (SSSR count). The molecule has 0 heterocycles. The second-order valence-electron chi connectivity index (χ2n) is 1.90. The van der Waals surface area contributed by atoms with Crippen molar-refractivity contribution in [3.63, 3.8) is 0 Å². The lowest BCUT2D eigenvalue weighted by atomic mass is 10.3. The highest BCUT2D eigenvalue weighted by atomic mass is 16.3. The van der Waals surface area contributed by atoms with Crippen molar-refractivity contribution in [1.29, 1.82) is 0 Å². The molecule has 0 fully saturated rings. The number of rotatable bonds is 3.